The molecule has 0 amide bonds. The van der Waals surface area contributed by atoms with E-state index in [1.54, 1.807) is 47.0 Å². The molecule has 0 fully saturated rings. The normalized spacial score (nSPS) is 10.8. The predicted octanol–water partition coefficient (Wildman–Crippen LogP) is 11.3. The lowest BCUT2D eigenvalue weighted by Gasteiger charge is -2.09. The molecule has 4 rings (SSSR count). The third-order valence-corrected chi connectivity index (χ3v) is 10.2. The molecule has 2 heterocycles. The van der Waals surface area contributed by atoms with Gasteiger partial charge in [0.1, 0.15) is 23.7 Å². The Morgan fingerprint density at radius 2 is 0.860 bits per heavy atom. The quantitative estimate of drug-likeness (QED) is 0.0433. The van der Waals surface area contributed by atoms with Crippen molar-refractivity contribution in [2.45, 2.75) is 63.6 Å². The van der Waals surface area contributed by atoms with Crippen LogP contribution in [-0.2, 0) is 19.1 Å². The van der Waals surface area contributed by atoms with E-state index in [0.717, 1.165) is 61.2 Å². The highest BCUT2D eigenvalue weighted by molar-refractivity contribution is 7.25. The first-order valence-electron chi connectivity index (χ1n) is 17.0. The smallest absolute Gasteiger partial charge is 0.306 e. The van der Waals surface area contributed by atoms with E-state index in [4.69, 9.17) is 18.9 Å². The summed E-state index contributed by atoms with van der Waals surface area (Å²) in [6.45, 7) is 15.7. The van der Waals surface area contributed by atoms with Crippen molar-refractivity contribution in [3.63, 3.8) is 0 Å². The zero-order chi connectivity index (χ0) is 35.6. The molecule has 0 spiro atoms. The summed E-state index contributed by atoms with van der Waals surface area (Å²) in [7, 11) is 0. The molecule has 0 N–H and O–H groups in total. The Kier molecular flexibility index (Phi) is 15.8. The van der Waals surface area contributed by atoms with Gasteiger partial charge in [-0.25, -0.2) is 0 Å². The summed E-state index contributed by atoms with van der Waals surface area (Å²) in [5.41, 5.74) is 2.31. The van der Waals surface area contributed by atoms with Crippen molar-refractivity contribution in [2.24, 2.45) is 0 Å². The number of hydrogen-bond acceptors (Lipinski definition) is 8. The summed E-state index contributed by atoms with van der Waals surface area (Å²) in [4.78, 5) is 28.6. The number of carbonyl (C=O) groups is 2. The molecule has 4 aromatic rings. The average molecular weight is 711 g/mol. The Bertz CT molecular complexity index is 1540. The Morgan fingerprint density at radius 3 is 1.22 bits per heavy atom. The van der Waals surface area contributed by atoms with Crippen molar-refractivity contribution in [3.8, 4) is 42.1 Å². The number of ether oxygens (including phenoxy) is 4. The third-order valence-electron chi connectivity index (χ3n) is 7.78. The van der Waals surface area contributed by atoms with Gasteiger partial charge in [0.2, 0.25) is 0 Å². The molecule has 0 unspecified atom stereocenters. The van der Waals surface area contributed by atoms with Crippen molar-refractivity contribution in [3.05, 3.63) is 123 Å². The van der Waals surface area contributed by atoms with Gasteiger partial charge in [-0.1, -0.05) is 26.3 Å². The molecule has 6 nitrogen and oxygen atoms in total. The van der Waals surface area contributed by atoms with Gasteiger partial charge in [-0.15, -0.1) is 22.7 Å². The molecule has 2 aromatic carbocycles. The molecule has 50 heavy (non-hydrogen) atoms. The highest BCUT2D eigenvalue weighted by Gasteiger charge is 2.11. The zero-order valence-electron chi connectivity index (χ0n) is 28.6. The largest absolute Gasteiger partial charge is 0.494 e. The Morgan fingerprint density at radius 1 is 0.500 bits per heavy atom. The number of thiophene rings is 2. The molecule has 0 saturated heterocycles. The number of benzene rings is 2. The zero-order valence-corrected chi connectivity index (χ0v) is 30.2. The molecule has 0 radical (unpaired) electrons. The predicted molar refractivity (Wildman–Crippen MR) is 207 cm³/mol. The minimum absolute atomic E-state index is 0.232. The van der Waals surface area contributed by atoms with Gasteiger partial charge in [-0.2, -0.15) is 0 Å². The van der Waals surface area contributed by atoms with Crippen LogP contribution in [0.1, 0.15) is 51.4 Å². The van der Waals surface area contributed by atoms with Crippen molar-refractivity contribution in [1.82, 2.24) is 0 Å². The van der Waals surface area contributed by atoms with Crippen LogP contribution >= 0.6 is 22.7 Å². The minimum atomic E-state index is -0.426. The highest BCUT2D eigenvalue weighted by Crippen LogP contribution is 2.40. The van der Waals surface area contributed by atoms with Crippen LogP contribution in [0.15, 0.2) is 123 Å². The molecule has 0 aliphatic carbocycles. The minimum Gasteiger partial charge on any atom is -0.494 e. The van der Waals surface area contributed by atoms with Gasteiger partial charge in [0.05, 0.1) is 13.2 Å². The Hall–Kier alpha value is -4.66. The van der Waals surface area contributed by atoms with E-state index in [9.17, 15) is 9.59 Å². The molecule has 0 saturated carbocycles. The fraction of sp³-hybridized carbons (Fsp3) is 0.286. The van der Waals surface area contributed by atoms with E-state index in [1.807, 2.05) is 24.3 Å². The number of rotatable bonds is 23. The second kappa shape index (κ2) is 20.8. The van der Waals surface area contributed by atoms with Gasteiger partial charge in [-0.05, 0) is 147 Å². The number of esters is 2. The lowest BCUT2D eigenvalue weighted by Crippen LogP contribution is -2.13. The number of carbonyl (C=O) groups excluding carboxylic acids is 2. The standard InChI is InChI=1S/C42H46O6S2/c1-5-33(6-2)47-41(43)15-11-9-13-29-45-35-21-17-31(18-22-35)37-25-27-39(49-37)40-28-26-38(50-40)32-19-23-36(24-20-32)46-30-14-10-12-16-42(44)48-34(7-3)8-4/h5-8,17-28,33-34H,1-4,9-16,29-30H2. The van der Waals surface area contributed by atoms with Gasteiger partial charge in [-0.3, -0.25) is 9.59 Å². The third kappa shape index (κ3) is 12.3. The van der Waals surface area contributed by atoms with E-state index in [-0.39, 0.29) is 11.9 Å². The van der Waals surface area contributed by atoms with Crippen LogP contribution in [-0.4, -0.2) is 37.4 Å². The molecule has 2 aromatic heterocycles. The monoisotopic (exact) mass is 710 g/mol. The van der Waals surface area contributed by atoms with Crippen LogP contribution < -0.4 is 9.47 Å². The SMILES string of the molecule is C=CC(C=C)OC(=O)CCCCCOc1ccc(-c2ccc(-c3ccc(-c4ccc(OCCCCCC(=O)OC(C=C)C=C)cc4)s3)s2)cc1. The summed E-state index contributed by atoms with van der Waals surface area (Å²) in [5.74, 6) is 1.21. The van der Waals surface area contributed by atoms with Crippen molar-refractivity contribution < 1.29 is 28.5 Å². The summed E-state index contributed by atoms with van der Waals surface area (Å²) >= 11 is 3.56. The van der Waals surface area contributed by atoms with E-state index >= 15 is 0 Å². The number of unbranched alkanes of at least 4 members (excludes halogenated alkanes) is 4. The highest BCUT2D eigenvalue weighted by atomic mass is 32.1. The summed E-state index contributed by atoms with van der Waals surface area (Å²) < 4.78 is 22.3. The molecule has 0 aliphatic heterocycles. The van der Waals surface area contributed by atoms with E-state index in [1.165, 1.54) is 19.5 Å². The molecular formula is C42H46O6S2. The summed E-state index contributed by atoms with van der Waals surface area (Å²) in [6.07, 6.45) is 11.2. The van der Waals surface area contributed by atoms with Gasteiger partial charge in [0.15, 0.2) is 0 Å². The topological polar surface area (TPSA) is 71.1 Å². The fourth-order valence-electron chi connectivity index (χ4n) is 4.96. The lowest BCUT2D eigenvalue weighted by atomic mass is 10.2. The van der Waals surface area contributed by atoms with Gasteiger partial charge in [0.25, 0.3) is 0 Å². The maximum Gasteiger partial charge on any atom is 0.306 e. The number of hydrogen-bond donors (Lipinski definition) is 0. The summed E-state index contributed by atoms with van der Waals surface area (Å²) in [5, 5.41) is 0. The van der Waals surface area contributed by atoms with Crippen molar-refractivity contribution in [2.75, 3.05) is 13.2 Å². The van der Waals surface area contributed by atoms with Crippen LogP contribution in [0.25, 0.3) is 30.6 Å². The molecule has 0 bridgehead atoms. The first-order chi connectivity index (χ1) is 24.4. The second-order valence-corrected chi connectivity index (χ2v) is 13.7. The first-order valence-corrected chi connectivity index (χ1v) is 18.6. The van der Waals surface area contributed by atoms with E-state index in [0.29, 0.717) is 26.1 Å². The molecule has 0 aliphatic rings. The van der Waals surface area contributed by atoms with E-state index in [2.05, 4.69) is 74.8 Å². The van der Waals surface area contributed by atoms with Gasteiger partial charge < -0.3 is 18.9 Å². The van der Waals surface area contributed by atoms with E-state index < -0.39 is 12.2 Å². The molecule has 0 atom stereocenters. The molecule has 262 valence electrons. The van der Waals surface area contributed by atoms with Crippen molar-refractivity contribution >= 4 is 34.6 Å². The first kappa shape index (κ1) is 38.1. The van der Waals surface area contributed by atoms with Crippen LogP contribution in [0, 0.1) is 0 Å². The van der Waals surface area contributed by atoms with Crippen LogP contribution in [0.5, 0.6) is 11.5 Å². The second-order valence-electron chi connectivity index (χ2n) is 11.5. The maximum atomic E-state index is 11.9. The van der Waals surface area contributed by atoms with Crippen LogP contribution in [0.4, 0.5) is 0 Å². The van der Waals surface area contributed by atoms with Crippen molar-refractivity contribution in [1.29, 1.82) is 0 Å². The maximum absolute atomic E-state index is 11.9. The Labute approximate surface area is 304 Å². The lowest BCUT2D eigenvalue weighted by molar-refractivity contribution is -0.146. The molecular weight excluding hydrogens is 665 g/mol. The van der Waals surface area contributed by atoms with Crippen LogP contribution in [0.3, 0.4) is 0 Å². The molecule has 8 heteroatoms. The summed E-state index contributed by atoms with van der Waals surface area (Å²) in [6, 6.07) is 25.1. The Balaban J connectivity index is 1.16. The van der Waals surface area contributed by atoms with Gasteiger partial charge >= 0.3 is 11.9 Å². The van der Waals surface area contributed by atoms with Gasteiger partial charge in [0, 0.05) is 32.4 Å². The average Bonchev–Trinajstić information content (AvgIpc) is 3.84. The van der Waals surface area contributed by atoms with Crippen LogP contribution in [0.2, 0.25) is 0 Å². The fourth-order valence-corrected chi connectivity index (χ4v) is 7.08.